The first kappa shape index (κ1) is 11.3. The second-order valence-electron chi connectivity index (χ2n) is 4.50. The minimum atomic E-state index is 0.709. The normalized spacial score (nSPS) is 11.0. The second-order valence-corrected chi connectivity index (χ2v) is 5.50. The van der Waals surface area contributed by atoms with Crippen LogP contribution in [0.1, 0.15) is 24.3 Å². The summed E-state index contributed by atoms with van der Waals surface area (Å²) in [6.45, 7) is 6.58. The van der Waals surface area contributed by atoms with Crippen molar-refractivity contribution in [3.8, 4) is 11.3 Å². The van der Waals surface area contributed by atoms with Gasteiger partial charge >= 0.3 is 0 Å². The van der Waals surface area contributed by atoms with Crippen molar-refractivity contribution < 1.29 is 0 Å². The van der Waals surface area contributed by atoms with Crippen molar-refractivity contribution in [2.24, 2.45) is 5.92 Å². The molecule has 0 saturated carbocycles. The van der Waals surface area contributed by atoms with Crippen LogP contribution in [0.3, 0.4) is 0 Å². The Morgan fingerprint density at radius 3 is 2.44 bits per heavy atom. The van der Waals surface area contributed by atoms with Crippen LogP contribution < -0.4 is 0 Å². The van der Waals surface area contributed by atoms with Crippen molar-refractivity contribution in [1.82, 2.24) is 4.98 Å². The Labute approximate surface area is 101 Å². The number of thiazole rings is 1. The molecule has 1 nitrogen and oxygen atoms in total. The van der Waals surface area contributed by atoms with Crippen molar-refractivity contribution in [3.63, 3.8) is 0 Å². The molecule has 0 N–H and O–H groups in total. The highest BCUT2D eigenvalue weighted by Gasteiger charge is 2.05. The molecule has 0 amide bonds. The van der Waals surface area contributed by atoms with E-state index < -0.39 is 0 Å². The molecule has 0 unspecified atom stereocenters. The fourth-order valence-corrected chi connectivity index (χ4v) is 2.34. The van der Waals surface area contributed by atoms with Crippen LogP contribution in [0.5, 0.6) is 0 Å². The van der Waals surface area contributed by atoms with Crippen molar-refractivity contribution in [1.29, 1.82) is 0 Å². The molecule has 2 heteroatoms. The molecule has 1 heterocycles. The number of aromatic nitrogens is 1. The van der Waals surface area contributed by atoms with Crippen LogP contribution in [0, 0.1) is 18.4 Å². The standard InChI is InChI=1S/C14H16NS/c1-10(2)8-12-4-6-13(7-5-12)14-11(3)16-9-15-14/h4-7,10H,8H2,1-3H3. The Balaban J connectivity index is 2.23. The highest BCUT2D eigenvalue weighted by Crippen LogP contribution is 2.24. The third-order valence-electron chi connectivity index (χ3n) is 2.56. The summed E-state index contributed by atoms with van der Waals surface area (Å²) in [4.78, 5) is 5.50. The summed E-state index contributed by atoms with van der Waals surface area (Å²) in [5, 5.41) is 0. The molecule has 0 aliphatic rings. The van der Waals surface area contributed by atoms with E-state index in [1.807, 2.05) is 0 Å². The summed E-state index contributed by atoms with van der Waals surface area (Å²) < 4.78 is 0. The monoisotopic (exact) mass is 230 g/mol. The largest absolute Gasteiger partial charge is 0.233 e. The minimum absolute atomic E-state index is 0.709. The number of rotatable bonds is 3. The molecule has 1 aromatic carbocycles. The van der Waals surface area contributed by atoms with Crippen molar-refractivity contribution >= 4 is 11.3 Å². The number of hydrogen-bond donors (Lipinski definition) is 0. The molecule has 0 spiro atoms. The maximum atomic E-state index is 4.27. The Morgan fingerprint density at radius 1 is 1.25 bits per heavy atom. The summed E-state index contributed by atoms with van der Waals surface area (Å²) in [6.07, 6.45) is 1.14. The van der Waals surface area contributed by atoms with E-state index in [0.29, 0.717) is 5.92 Å². The lowest BCUT2D eigenvalue weighted by molar-refractivity contribution is 0.647. The van der Waals surface area contributed by atoms with Gasteiger partial charge < -0.3 is 0 Å². The van der Waals surface area contributed by atoms with Gasteiger partial charge in [0.15, 0.2) is 5.51 Å². The zero-order valence-corrected chi connectivity index (χ0v) is 10.8. The molecule has 0 bridgehead atoms. The Morgan fingerprint density at radius 2 is 1.94 bits per heavy atom. The summed E-state index contributed by atoms with van der Waals surface area (Å²) >= 11 is 1.58. The Bertz CT molecular complexity index is 454. The quantitative estimate of drug-likeness (QED) is 0.773. The number of hydrogen-bond acceptors (Lipinski definition) is 2. The summed E-state index contributed by atoms with van der Waals surface area (Å²) in [5.41, 5.74) is 6.60. The highest BCUT2D eigenvalue weighted by molar-refractivity contribution is 7.09. The first-order valence-corrected chi connectivity index (χ1v) is 6.41. The number of nitrogens with zero attached hydrogens (tertiary/aromatic N) is 1. The molecule has 2 rings (SSSR count). The summed E-state index contributed by atoms with van der Waals surface area (Å²) in [6, 6.07) is 8.73. The van der Waals surface area contributed by atoms with Crippen LogP contribution in [0.4, 0.5) is 0 Å². The van der Waals surface area contributed by atoms with Crippen molar-refractivity contribution in [2.45, 2.75) is 27.2 Å². The molecule has 2 aromatic rings. The van der Waals surface area contributed by atoms with Gasteiger partial charge in [0.25, 0.3) is 0 Å². The lowest BCUT2D eigenvalue weighted by Gasteiger charge is -2.05. The zero-order valence-electron chi connectivity index (χ0n) is 9.95. The molecule has 0 atom stereocenters. The Kier molecular flexibility index (Phi) is 3.39. The minimum Gasteiger partial charge on any atom is -0.233 e. The van der Waals surface area contributed by atoms with Gasteiger partial charge in [0.05, 0.1) is 5.69 Å². The molecular formula is C14H16NS. The van der Waals surface area contributed by atoms with Crippen molar-refractivity contribution in [2.75, 3.05) is 0 Å². The van der Waals surface area contributed by atoms with E-state index >= 15 is 0 Å². The third-order valence-corrected chi connectivity index (χ3v) is 3.24. The number of benzene rings is 1. The van der Waals surface area contributed by atoms with Crippen molar-refractivity contribution in [3.05, 3.63) is 40.2 Å². The van der Waals surface area contributed by atoms with E-state index in [1.165, 1.54) is 16.0 Å². The summed E-state index contributed by atoms with van der Waals surface area (Å²) in [7, 11) is 0. The van der Waals surface area contributed by atoms with Gasteiger partial charge in [0, 0.05) is 10.4 Å². The van der Waals surface area contributed by atoms with Gasteiger partial charge in [-0.1, -0.05) is 38.1 Å². The lowest BCUT2D eigenvalue weighted by atomic mass is 10.0. The SMILES string of the molecule is Cc1s[c]nc1-c1ccc(CC(C)C)cc1. The molecule has 16 heavy (non-hydrogen) atoms. The van der Waals surface area contributed by atoms with E-state index in [9.17, 15) is 0 Å². The first-order chi connectivity index (χ1) is 7.66. The van der Waals surface area contributed by atoms with E-state index in [-0.39, 0.29) is 0 Å². The zero-order chi connectivity index (χ0) is 11.5. The van der Waals surface area contributed by atoms with Crippen LogP contribution in [0.25, 0.3) is 11.3 Å². The number of aryl methyl sites for hydroxylation is 1. The van der Waals surface area contributed by atoms with Gasteiger partial charge in [0.2, 0.25) is 0 Å². The molecule has 1 radical (unpaired) electrons. The van der Waals surface area contributed by atoms with Gasteiger partial charge in [-0.3, -0.25) is 0 Å². The Hall–Kier alpha value is -1.15. The van der Waals surface area contributed by atoms with E-state index in [1.54, 1.807) is 11.3 Å². The molecule has 83 valence electrons. The average molecular weight is 230 g/mol. The van der Waals surface area contributed by atoms with Crippen LogP contribution in [-0.4, -0.2) is 4.98 Å². The van der Waals surface area contributed by atoms with Gasteiger partial charge in [-0.2, -0.15) is 0 Å². The molecule has 0 aliphatic carbocycles. The van der Waals surface area contributed by atoms with E-state index in [4.69, 9.17) is 0 Å². The molecule has 1 aromatic heterocycles. The van der Waals surface area contributed by atoms with Gasteiger partial charge in [-0.05, 0) is 24.8 Å². The fraction of sp³-hybridized carbons (Fsp3) is 0.357. The maximum absolute atomic E-state index is 4.27. The van der Waals surface area contributed by atoms with Gasteiger partial charge in [-0.15, -0.1) is 11.3 Å². The average Bonchev–Trinajstić information content (AvgIpc) is 2.65. The van der Waals surface area contributed by atoms with E-state index in [0.717, 1.165) is 12.1 Å². The van der Waals surface area contributed by atoms with Crippen LogP contribution in [-0.2, 0) is 6.42 Å². The smallest absolute Gasteiger partial charge is 0.153 e. The highest BCUT2D eigenvalue weighted by atomic mass is 32.1. The van der Waals surface area contributed by atoms with Gasteiger partial charge in [-0.25, -0.2) is 4.98 Å². The third kappa shape index (κ3) is 2.50. The fourth-order valence-electron chi connectivity index (χ4n) is 1.80. The molecule has 0 fully saturated rings. The molecule has 0 saturated heterocycles. The first-order valence-electron chi connectivity index (χ1n) is 5.59. The predicted octanol–water partition coefficient (Wildman–Crippen LogP) is 4.12. The molecular weight excluding hydrogens is 214 g/mol. The van der Waals surface area contributed by atoms with E-state index in [2.05, 4.69) is 55.5 Å². The summed E-state index contributed by atoms with van der Waals surface area (Å²) in [5.74, 6) is 0.709. The molecule has 0 aliphatic heterocycles. The maximum Gasteiger partial charge on any atom is 0.153 e. The van der Waals surface area contributed by atoms with Crippen LogP contribution in [0.2, 0.25) is 0 Å². The van der Waals surface area contributed by atoms with Crippen LogP contribution in [0.15, 0.2) is 24.3 Å². The van der Waals surface area contributed by atoms with Crippen LogP contribution >= 0.6 is 11.3 Å². The topological polar surface area (TPSA) is 12.9 Å². The second kappa shape index (κ2) is 4.79. The lowest BCUT2D eigenvalue weighted by Crippen LogP contribution is -1.93. The van der Waals surface area contributed by atoms with Gasteiger partial charge in [0.1, 0.15) is 0 Å². The predicted molar refractivity (Wildman–Crippen MR) is 69.7 cm³/mol.